The van der Waals surface area contributed by atoms with Gasteiger partial charge in [0.2, 0.25) is 0 Å². The van der Waals surface area contributed by atoms with Gasteiger partial charge in [0.1, 0.15) is 0 Å². The number of methoxy groups -OCH3 is 1. The molecule has 0 radical (unpaired) electrons. The maximum atomic E-state index is 5.74. The molecule has 0 aliphatic carbocycles. The second-order valence-corrected chi connectivity index (χ2v) is 4.45. The molecule has 4 nitrogen and oxygen atoms in total. The zero-order valence-electron chi connectivity index (χ0n) is 9.23. The minimum atomic E-state index is 0.0747. The van der Waals surface area contributed by atoms with Crippen molar-refractivity contribution in [2.75, 3.05) is 26.9 Å². The van der Waals surface area contributed by atoms with Crippen LogP contribution in [0.5, 0.6) is 0 Å². The minimum absolute atomic E-state index is 0.0747. The third-order valence-electron chi connectivity index (χ3n) is 1.91. The van der Waals surface area contributed by atoms with E-state index in [1.165, 1.54) is 0 Å². The highest BCUT2D eigenvalue weighted by atomic mass is 32.1. The van der Waals surface area contributed by atoms with E-state index in [9.17, 15) is 0 Å². The fourth-order valence-corrected chi connectivity index (χ4v) is 1.91. The molecule has 0 aliphatic rings. The third-order valence-corrected chi connectivity index (χ3v) is 3.17. The molecule has 1 unspecified atom stereocenters. The van der Waals surface area contributed by atoms with Crippen LogP contribution in [0.3, 0.4) is 0 Å². The maximum Gasteiger partial charge on any atom is 0.0951 e. The van der Waals surface area contributed by atoms with E-state index in [1.54, 1.807) is 18.4 Å². The molecule has 1 rings (SSSR count). The van der Waals surface area contributed by atoms with Crippen LogP contribution in [0.15, 0.2) is 6.20 Å². The molecule has 0 fully saturated rings. The topological polar surface area (TPSA) is 57.4 Å². The number of nitrogens with zero attached hydrogens (tertiary/aromatic N) is 1. The Morgan fingerprint density at radius 3 is 2.87 bits per heavy atom. The molecule has 1 aromatic heterocycles. The van der Waals surface area contributed by atoms with Gasteiger partial charge in [-0.3, -0.25) is 0 Å². The number of hydrogen-bond donors (Lipinski definition) is 1. The normalized spacial score (nSPS) is 13.0. The van der Waals surface area contributed by atoms with Crippen LogP contribution in [-0.2, 0) is 15.9 Å². The number of aromatic nitrogens is 1. The average Bonchev–Trinajstić information content (AvgIpc) is 2.66. The molecule has 0 amide bonds. The van der Waals surface area contributed by atoms with E-state index in [2.05, 4.69) is 4.98 Å². The van der Waals surface area contributed by atoms with Gasteiger partial charge in [-0.2, -0.15) is 0 Å². The first-order valence-electron chi connectivity index (χ1n) is 5.01. The van der Waals surface area contributed by atoms with Crippen molar-refractivity contribution < 1.29 is 9.47 Å². The summed E-state index contributed by atoms with van der Waals surface area (Å²) in [7, 11) is 1.67. The van der Waals surface area contributed by atoms with Gasteiger partial charge in [-0.1, -0.05) is 0 Å². The van der Waals surface area contributed by atoms with Crippen molar-refractivity contribution >= 4 is 11.3 Å². The van der Waals surface area contributed by atoms with Gasteiger partial charge in [0.15, 0.2) is 0 Å². The van der Waals surface area contributed by atoms with E-state index in [0.717, 1.165) is 16.3 Å². The third kappa shape index (κ3) is 4.70. The fraction of sp³-hybridized carbons (Fsp3) is 0.700. The van der Waals surface area contributed by atoms with Crippen molar-refractivity contribution in [3.8, 4) is 0 Å². The van der Waals surface area contributed by atoms with E-state index in [0.29, 0.717) is 19.8 Å². The second-order valence-electron chi connectivity index (χ2n) is 3.30. The zero-order chi connectivity index (χ0) is 11.1. The Morgan fingerprint density at radius 1 is 1.47 bits per heavy atom. The SMILES string of the molecule is COCCOCCc1ncc(C(C)N)s1. The first-order chi connectivity index (χ1) is 7.24. The van der Waals surface area contributed by atoms with Crippen molar-refractivity contribution in [3.05, 3.63) is 16.1 Å². The van der Waals surface area contributed by atoms with Crippen LogP contribution in [0, 0.1) is 0 Å². The number of thiazole rings is 1. The van der Waals surface area contributed by atoms with Crippen molar-refractivity contribution in [3.63, 3.8) is 0 Å². The van der Waals surface area contributed by atoms with Gasteiger partial charge in [0.05, 0.1) is 24.8 Å². The highest BCUT2D eigenvalue weighted by molar-refractivity contribution is 7.11. The molecule has 0 aliphatic heterocycles. The first kappa shape index (κ1) is 12.6. The fourth-order valence-electron chi connectivity index (χ4n) is 1.05. The Bertz CT molecular complexity index is 276. The van der Waals surface area contributed by atoms with Gasteiger partial charge in [-0.15, -0.1) is 11.3 Å². The number of rotatable bonds is 7. The summed E-state index contributed by atoms with van der Waals surface area (Å²) in [6, 6.07) is 0.0747. The lowest BCUT2D eigenvalue weighted by Crippen LogP contribution is -2.04. The summed E-state index contributed by atoms with van der Waals surface area (Å²) in [5, 5.41) is 1.08. The van der Waals surface area contributed by atoms with E-state index in [1.807, 2.05) is 13.1 Å². The molecule has 86 valence electrons. The predicted octanol–water partition coefficient (Wildman–Crippen LogP) is 1.37. The van der Waals surface area contributed by atoms with Gasteiger partial charge < -0.3 is 15.2 Å². The molecular weight excluding hydrogens is 212 g/mol. The van der Waals surface area contributed by atoms with Gasteiger partial charge in [-0.05, 0) is 6.92 Å². The highest BCUT2D eigenvalue weighted by Crippen LogP contribution is 2.18. The summed E-state index contributed by atoms with van der Waals surface area (Å²) in [5.41, 5.74) is 5.74. The molecule has 5 heteroatoms. The minimum Gasteiger partial charge on any atom is -0.382 e. The molecular formula is C10H18N2O2S. The van der Waals surface area contributed by atoms with Gasteiger partial charge >= 0.3 is 0 Å². The number of ether oxygens (including phenoxy) is 2. The molecule has 0 spiro atoms. The van der Waals surface area contributed by atoms with E-state index in [-0.39, 0.29) is 6.04 Å². The Labute approximate surface area is 94.4 Å². The second kappa shape index (κ2) is 6.90. The van der Waals surface area contributed by atoms with Crippen molar-refractivity contribution in [1.82, 2.24) is 4.98 Å². The van der Waals surface area contributed by atoms with Crippen LogP contribution in [0.1, 0.15) is 22.9 Å². The molecule has 15 heavy (non-hydrogen) atoms. The predicted molar refractivity (Wildman–Crippen MR) is 61.1 cm³/mol. The molecule has 1 heterocycles. The van der Waals surface area contributed by atoms with Crippen LogP contribution < -0.4 is 5.73 Å². The average molecular weight is 230 g/mol. The summed E-state index contributed by atoms with van der Waals surface area (Å²) in [4.78, 5) is 5.41. The lowest BCUT2D eigenvalue weighted by molar-refractivity contribution is 0.0722. The largest absolute Gasteiger partial charge is 0.382 e. The van der Waals surface area contributed by atoms with Crippen molar-refractivity contribution in [2.24, 2.45) is 5.73 Å². The quantitative estimate of drug-likeness (QED) is 0.719. The summed E-state index contributed by atoms with van der Waals surface area (Å²) in [5.74, 6) is 0. The molecule has 1 atom stereocenters. The van der Waals surface area contributed by atoms with E-state index >= 15 is 0 Å². The first-order valence-corrected chi connectivity index (χ1v) is 5.82. The van der Waals surface area contributed by atoms with Gasteiger partial charge in [0, 0.05) is 30.6 Å². The number of nitrogens with two attached hydrogens (primary N) is 1. The lowest BCUT2D eigenvalue weighted by Gasteiger charge is -2.01. The molecule has 0 saturated carbocycles. The smallest absolute Gasteiger partial charge is 0.0951 e. The summed E-state index contributed by atoms with van der Waals surface area (Å²) >= 11 is 1.66. The van der Waals surface area contributed by atoms with Crippen LogP contribution in [0.25, 0.3) is 0 Å². The summed E-state index contributed by atoms with van der Waals surface area (Å²) < 4.78 is 10.2. The molecule has 2 N–H and O–H groups in total. The summed E-state index contributed by atoms with van der Waals surface area (Å²) in [6.45, 7) is 3.94. The Kier molecular flexibility index (Phi) is 5.78. The maximum absolute atomic E-state index is 5.74. The summed E-state index contributed by atoms with van der Waals surface area (Å²) in [6.07, 6.45) is 2.70. The number of hydrogen-bond acceptors (Lipinski definition) is 5. The monoisotopic (exact) mass is 230 g/mol. The van der Waals surface area contributed by atoms with E-state index < -0.39 is 0 Å². The Morgan fingerprint density at radius 2 is 2.27 bits per heavy atom. The van der Waals surface area contributed by atoms with E-state index in [4.69, 9.17) is 15.2 Å². The standard InChI is InChI=1S/C10H18N2O2S/c1-8(11)9-7-12-10(15-9)3-4-14-6-5-13-2/h7-8H,3-6,11H2,1-2H3. The van der Waals surface area contributed by atoms with Crippen LogP contribution >= 0.6 is 11.3 Å². The van der Waals surface area contributed by atoms with Crippen molar-refractivity contribution in [1.29, 1.82) is 0 Å². The highest BCUT2D eigenvalue weighted by Gasteiger charge is 2.05. The Hall–Kier alpha value is -0.490. The lowest BCUT2D eigenvalue weighted by atomic mass is 10.3. The van der Waals surface area contributed by atoms with Gasteiger partial charge in [-0.25, -0.2) is 4.98 Å². The Balaban J connectivity index is 2.20. The molecule has 0 saturated heterocycles. The van der Waals surface area contributed by atoms with Crippen LogP contribution in [0.4, 0.5) is 0 Å². The van der Waals surface area contributed by atoms with Crippen LogP contribution in [0.2, 0.25) is 0 Å². The molecule has 0 aromatic carbocycles. The molecule has 1 aromatic rings. The zero-order valence-corrected chi connectivity index (χ0v) is 10.0. The van der Waals surface area contributed by atoms with Crippen LogP contribution in [-0.4, -0.2) is 31.9 Å². The van der Waals surface area contributed by atoms with Gasteiger partial charge in [0.25, 0.3) is 0 Å². The van der Waals surface area contributed by atoms with Crippen molar-refractivity contribution in [2.45, 2.75) is 19.4 Å². The molecule has 0 bridgehead atoms.